The summed E-state index contributed by atoms with van der Waals surface area (Å²) in [4.78, 5) is 17.1. The molecule has 0 unspecified atom stereocenters. The van der Waals surface area contributed by atoms with Crippen molar-refractivity contribution in [3.8, 4) is 11.5 Å². The summed E-state index contributed by atoms with van der Waals surface area (Å²) in [6.45, 7) is 3.34. The fourth-order valence-electron chi connectivity index (χ4n) is 4.74. The number of ether oxygens (including phenoxy) is 1. The first-order valence-electron chi connectivity index (χ1n) is 12.5. The van der Waals surface area contributed by atoms with E-state index in [4.69, 9.17) is 16.3 Å². The second-order valence-corrected chi connectivity index (χ2v) is 10.1. The van der Waals surface area contributed by atoms with Crippen LogP contribution in [0.3, 0.4) is 0 Å². The summed E-state index contributed by atoms with van der Waals surface area (Å²) in [6.07, 6.45) is 3.38. The second kappa shape index (κ2) is 10.2. The number of hydrogen-bond acceptors (Lipinski definition) is 8. The molecule has 0 spiro atoms. The predicted octanol–water partition coefficient (Wildman–Crippen LogP) is 4.97. The van der Waals surface area contributed by atoms with Crippen LogP contribution >= 0.6 is 11.6 Å². The molecule has 6 rings (SSSR count). The van der Waals surface area contributed by atoms with Gasteiger partial charge in [0.15, 0.2) is 17.1 Å². The maximum atomic E-state index is 14.1. The van der Waals surface area contributed by atoms with Crippen molar-refractivity contribution < 1.29 is 17.9 Å². The maximum Gasteiger partial charge on any atom is 0.416 e. The van der Waals surface area contributed by atoms with Gasteiger partial charge in [-0.25, -0.2) is 9.50 Å². The monoisotopic (exact) mass is 571 g/mol. The average molecular weight is 572 g/mol. The molecule has 1 aliphatic rings. The maximum absolute atomic E-state index is 14.1. The molecule has 208 valence electrons. The molecule has 0 saturated carbocycles. The Balaban J connectivity index is 1.28. The molecule has 0 atom stereocenters. The Morgan fingerprint density at radius 3 is 2.62 bits per heavy atom. The number of anilines is 2. The molecule has 1 saturated heterocycles. The van der Waals surface area contributed by atoms with E-state index >= 15 is 0 Å². The molecule has 5 heterocycles. The Morgan fingerprint density at radius 2 is 1.85 bits per heavy atom. The number of halogens is 4. The van der Waals surface area contributed by atoms with Crippen LogP contribution in [0.1, 0.15) is 11.1 Å². The van der Waals surface area contributed by atoms with Crippen molar-refractivity contribution in [2.75, 3.05) is 38.5 Å². The van der Waals surface area contributed by atoms with E-state index in [0.29, 0.717) is 22.4 Å². The molecule has 1 fully saturated rings. The van der Waals surface area contributed by atoms with Crippen LogP contribution in [-0.2, 0) is 19.8 Å². The Labute approximate surface area is 232 Å². The van der Waals surface area contributed by atoms with E-state index < -0.39 is 11.7 Å². The summed E-state index contributed by atoms with van der Waals surface area (Å²) < 4.78 is 51.4. The van der Waals surface area contributed by atoms with Gasteiger partial charge in [0.2, 0.25) is 5.95 Å². The zero-order chi connectivity index (χ0) is 28.0. The third kappa shape index (κ3) is 5.03. The number of benzene rings is 1. The number of imidazole rings is 1. The lowest BCUT2D eigenvalue weighted by molar-refractivity contribution is -0.138. The average Bonchev–Trinajstić information content (AvgIpc) is 3.48. The highest BCUT2D eigenvalue weighted by Crippen LogP contribution is 2.38. The van der Waals surface area contributed by atoms with Gasteiger partial charge >= 0.3 is 6.18 Å². The Morgan fingerprint density at radius 1 is 1.05 bits per heavy atom. The Bertz CT molecular complexity index is 1690. The lowest BCUT2D eigenvalue weighted by Gasteiger charge is -2.33. The lowest BCUT2D eigenvalue weighted by atomic mass is 10.0. The van der Waals surface area contributed by atoms with Gasteiger partial charge in [0.25, 0.3) is 0 Å². The van der Waals surface area contributed by atoms with Crippen LogP contribution in [0.4, 0.5) is 24.8 Å². The Kier molecular flexibility index (Phi) is 6.72. The van der Waals surface area contributed by atoms with Crippen molar-refractivity contribution in [1.29, 1.82) is 0 Å². The zero-order valence-corrected chi connectivity index (χ0v) is 22.4. The summed E-state index contributed by atoms with van der Waals surface area (Å²) in [6, 6.07) is 4.27. The van der Waals surface area contributed by atoms with Crippen molar-refractivity contribution in [3.63, 3.8) is 0 Å². The van der Waals surface area contributed by atoms with Crippen molar-refractivity contribution in [2.45, 2.75) is 12.7 Å². The number of alkyl halides is 3. The van der Waals surface area contributed by atoms with Crippen LogP contribution in [0, 0.1) is 0 Å². The molecule has 10 nitrogen and oxygen atoms in total. The van der Waals surface area contributed by atoms with Crippen LogP contribution < -0.4 is 10.1 Å². The molecule has 1 aromatic carbocycles. The molecular weight excluding hydrogens is 547 g/mol. The molecule has 1 aliphatic heterocycles. The van der Waals surface area contributed by atoms with E-state index in [1.54, 1.807) is 47.0 Å². The van der Waals surface area contributed by atoms with Gasteiger partial charge in [0, 0.05) is 57.9 Å². The number of piperazine rings is 1. The summed E-state index contributed by atoms with van der Waals surface area (Å²) in [5.74, 6) is 0.991. The number of hydrogen-bond donors (Lipinski definition) is 1. The molecule has 40 heavy (non-hydrogen) atoms. The van der Waals surface area contributed by atoms with E-state index in [9.17, 15) is 13.2 Å². The molecule has 5 aromatic rings. The van der Waals surface area contributed by atoms with Gasteiger partial charge in [-0.2, -0.15) is 23.3 Å². The number of pyridine rings is 1. The third-order valence-corrected chi connectivity index (χ3v) is 7.34. The second-order valence-electron chi connectivity index (χ2n) is 9.69. The van der Waals surface area contributed by atoms with E-state index in [2.05, 4.69) is 30.3 Å². The molecule has 0 aliphatic carbocycles. The van der Waals surface area contributed by atoms with Crippen molar-refractivity contribution >= 4 is 39.9 Å². The molecule has 1 N–H and O–H groups in total. The van der Waals surface area contributed by atoms with Crippen molar-refractivity contribution in [3.05, 3.63) is 65.3 Å². The van der Waals surface area contributed by atoms with Gasteiger partial charge in [0.05, 0.1) is 24.2 Å². The van der Waals surface area contributed by atoms with E-state index in [1.807, 2.05) is 11.9 Å². The summed E-state index contributed by atoms with van der Waals surface area (Å²) in [5.41, 5.74) is 1.22. The van der Waals surface area contributed by atoms with Crippen molar-refractivity contribution in [1.82, 2.24) is 38.9 Å². The molecule has 0 amide bonds. The number of nitrogens with one attached hydrogen (secondary N) is 1. The lowest BCUT2D eigenvalue weighted by Crippen LogP contribution is -2.44. The van der Waals surface area contributed by atoms with Crippen LogP contribution in [0.2, 0.25) is 5.02 Å². The van der Waals surface area contributed by atoms with Gasteiger partial charge in [0.1, 0.15) is 16.1 Å². The van der Waals surface area contributed by atoms with Gasteiger partial charge < -0.3 is 19.5 Å². The van der Waals surface area contributed by atoms with Gasteiger partial charge in [-0.15, -0.1) is 0 Å². The molecule has 4 aromatic heterocycles. The van der Waals surface area contributed by atoms with E-state index in [0.717, 1.165) is 32.2 Å². The number of nitrogens with zero attached hydrogens (tertiary/aromatic N) is 8. The fourth-order valence-corrected chi connectivity index (χ4v) is 5.04. The fraction of sp³-hybridized carbons (Fsp3) is 0.308. The van der Waals surface area contributed by atoms with E-state index in [1.165, 1.54) is 12.3 Å². The zero-order valence-electron chi connectivity index (χ0n) is 21.7. The van der Waals surface area contributed by atoms with Crippen molar-refractivity contribution in [2.24, 2.45) is 7.05 Å². The standard InChI is InChI=1S/C26H25ClF3N9O/c1-36-7-9-38(10-8-36)15-16-3-4-17(11-18(16)26(28,29)30)34-25-35-24-23(37(25)2)22(27)21(13-32-24)40-20-14-33-39-6-5-31-12-19(20)39/h3-6,11-14H,7-10,15H2,1-2H3,(H,32,34,35). The summed E-state index contributed by atoms with van der Waals surface area (Å²) in [5, 5.41) is 7.46. The summed E-state index contributed by atoms with van der Waals surface area (Å²) >= 11 is 6.69. The Hall–Kier alpha value is -3.94. The van der Waals surface area contributed by atoms with E-state index in [-0.39, 0.29) is 34.5 Å². The molecule has 0 radical (unpaired) electrons. The first-order valence-corrected chi connectivity index (χ1v) is 12.9. The normalized spacial score (nSPS) is 15.2. The number of likely N-dealkylation sites (N-methyl/N-ethyl adjacent to an activating group) is 1. The van der Waals surface area contributed by atoms with Crippen LogP contribution in [0.5, 0.6) is 11.5 Å². The SMILES string of the molecule is CN1CCN(Cc2ccc(Nc3nc4ncc(Oc5cnn6ccncc56)c(Cl)c4n3C)cc2C(F)(F)F)CC1. The molecule has 14 heteroatoms. The van der Waals surface area contributed by atoms with Gasteiger partial charge in [-0.1, -0.05) is 17.7 Å². The smallest absolute Gasteiger partial charge is 0.416 e. The molecular formula is C26H25ClF3N9O. The third-order valence-electron chi connectivity index (χ3n) is 6.98. The first kappa shape index (κ1) is 26.3. The van der Waals surface area contributed by atoms with Crippen LogP contribution in [0.15, 0.2) is 49.2 Å². The number of rotatable bonds is 6. The van der Waals surface area contributed by atoms with Crippen LogP contribution in [0.25, 0.3) is 16.7 Å². The molecule has 0 bridgehead atoms. The minimum absolute atomic E-state index is 0.236. The topological polar surface area (TPSA) is 88.6 Å². The number of fused-ring (bicyclic) bond motifs is 2. The predicted molar refractivity (Wildman–Crippen MR) is 144 cm³/mol. The largest absolute Gasteiger partial charge is 0.450 e. The summed E-state index contributed by atoms with van der Waals surface area (Å²) in [7, 11) is 3.70. The highest BCUT2D eigenvalue weighted by molar-refractivity contribution is 6.36. The number of aryl methyl sites for hydroxylation is 1. The highest BCUT2D eigenvalue weighted by Gasteiger charge is 2.34. The quantitative estimate of drug-likeness (QED) is 0.306. The minimum Gasteiger partial charge on any atom is -0.450 e. The van der Waals surface area contributed by atoms with Gasteiger partial charge in [-0.3, -0.25) is 9.88 Å². The van der Waals surface area contributed by atoms with Gasteiger partial charge in [-0.05, 0) is 24.7 Å². The minimum atomic E-state index is -4.50. The van der Waals surface area contributed by atoms with Crippen LogP contribution in [-0.4, -0.2) is 72.2 Å². The number of aromatic nitrogens is 6. The first-order chi connectivity index (χ1) is 19.2. The highest BCUT2D eigenvalue weighted by atomic mass is 35.5.